The minimum absolute atomic E-state index is 0.0774. The van der Waals surface area contributed by atoms with Crippen LogP contribution in [0.15, 0.2) is 54.7 Å². The second-order valence-electron chi connectivity index (χ2n) is 10.3. The number of aromatic nitrogens is 2. The van der Waals surface area contributed by atoms with Gasteiger partial charge >= 0.3 is 0 Å². The predicted molar refractivity (Wildman–Crippen MR) is 139 cm³/mol. The number of nitrogens with zero attached hydrogens (tertiary/aromatic N) is 3. The Morgan fingerprint density at radius 2 is 1.61 bits per heavy atom. The lowest BCUT2D eigenvalue weighted by Gasteiger charge is -2.40. The van der Waals surface area contributed by atoms with E-state index in [0.717, 1.165) is 37.2 Å². The van der Waals surface area contributed by atoms with Crippen molar-refractivity contribution in [2.75, 3.05) is 13.1 Å². The Kier molecular flexibility index (Phi) is 6.52. The maximum atomic E-state index is 14.8. The highest BCUT2D eigenvalue weighted by Crippen LogP contribution is 2.40. The highest BCUT2D eigenvalue weighted by molar-refractivity contribution is 6.33. The van der Waals surface area contributed by atoms with Crippen LogP contribution in [0.1, 0.15) is 45.2 Å². The van der Waals surface area contributed by atoms with Crippen molar-refractivity contribution >= 4 is 22.5 Å². The molecule has 7 heteroatoms. The minimum Gasteiger partial charge on any atom is -0.298 e. The molecule has 0 bridgehead atoms. The van der Waals surface area contributed by atoms with E-state index in [9.17, 15) is 13.2 Å². The van der Waals surface area contributed by atoms with Crippen molar-refractivity contribution in [3.8, 4) is 22.4 Å². The molecule has 4 aromatic rings. The normalized spacial score (nSPS) is 15.5. The fourth-order valence-corrected chi connectivity index (χ4v) is 5.33. The zero-order valence-corrected chi connectivity index (χ0v) is 21.2. The third-order valence-corrected chi connectivity index (χ3v) is 7.34. The van der Waals surface area contributed by atoms with Gasteiger partial charge in [0, 0.05) is 34.3 Å². The average Bonchev–Trinajstić information content (AvgIpc) is 2.83. The van der Waals surface area contributed by atoms with Crippen LogP contribution in [0.25, 0.3) is 33.3 Å². The summed E-state index contributed by atoms with van der Waals surface area (Å²) in [4.78, 5) is 11.8. The fraction of sp³-hybridized carbons (Fsp3) is 0.310. The fourth-order valence-electron chi connectivity index (χ4n) is 5.06. The van der Waals surface area contributed by atoms with Crippen molar-refractivity contribution in [2.24, 2.45) is 0 Å². The number of pyridine rings is 2. The van der Waals surface area contributed by atoms with E-state index in [1.807, 2.05) is 6.07 Å². The predicted octanol–water partition coefficient (Wildman–Crippen LogP) is 8.01. The quantitative estimate of drug-likeness (QED) is 0.280. The number of halogens is 4. The van der Waals surface area contributed by atoms with Crippen molar-refractivity contribution in [1.29, 1.82) is 0 Å². The third-order valence-electron chi connectivity index (χ3n) is 7.03. The summed E-state index contributed by atoms with van der Waals surface area (Å²) in [5.74, 6) is -1.69. The van der Waals surface area contributed by atoms with Gasteiger partial charge in [0.05, 0.1) is 16.1 Å². The van der Waals surface area contributed by atoms with Crippen molar-refractivity contribution in [3.63, 3.8) is 0 Å². The van der Waals surface area contributed by atoms with Crippen molar-refractivity contribution in [3.05, 3.63) is 82.9 Å². The maximum absolute atomic E-state index is 14.8. The molecule has 0 atom stereocenters. The molecule has 36 heavy (non-hydrogen) atoms. The van der Waals surface area contributed by atoms with Gasteiger partial charge in [0.15, 0.2) is 0 Å². The van der Waals surface area contributed by atoms with Gasteiger partial charge in [0.2, 0.25) is 0 Å². The van der Waals surface area contributed by atoms with Crippen molar-refractivity contribution in [2.45, 2.75) is 45.1 Å². The van der Waals surface area contributed by atoms with E-state index in [4.69, 9.17) is 16.6 Å². The molecule has 0 spiro atoms. The first-order valence-corrected chi connectivity index (χ1v) is 12.5. The molecular formula is C29H27ClF3N3. The summed E-state index contributed by atoms with van der Waals surface area (Å²) in [6.07, 6.45) is 3.31. The number of rotatable bonds is 3. The van der Waals surface area contributed by atoms with Crippen LogP contribution >= 0.6 is 11.6 Å². The highest BCUT2D eigenvalue weighted by atomic mass is 35.5. The Morgan fingerprint density at radius 3 is 2.25 bits per heavy atom. The van der Waals surface area contributed by atoms with Crippen LogP contribution < -0.4 is 0 Å². The minimum atomic E-state index is -0.706. The molecule has 0 saturated carbocycles. The number of benzene rings is 2. The monoisotopic (exact) mass is 509 g/mol. The zero-order valence-electron chi connectivity index (χ0n) is 20.5. The standard InChI is InChI=1S/C29H27ClF3N3/c1-29(2,3)36-13-10-17(11-14-36)25-16-21(19-8-7-18(31)15-22(19)30)20-9-12-34-28(27(20)35-25)26-23(32)5-4-6-24(26)33/h4-9,12,15-17H,10-11,13-14H2,1-3H3. The van der Waals surface area contributed by atoms with Gasteiger partial charge in [-0.3, -0.25) is 14.9 Å². The van der Waals surface area contributed by atoms with Crippen molar-refractivity contribution in [1.82, 2.24) is 14.9 Å². The number of fused-ring (bicyclic) bond motifs is 1. The Morgan fingerprint density at radius 1 is 0.917 bits per heavy atom. The summed E-state index contributed by atoms with van der Waals surface area (Å²) in [6.45, 7) is 8.45. The molecule has 1 aliphatic heterocycles. The van der Waals surface area contributed by atoms with Gasteiger partial charge in [-0.05, 0) is 94.7 Å². The summed E-state index contributed by atoms with van der Waals surface area (Å²) >= 11 is 6.48. The molecule has 0 unspecified atom stereocenters. The van der Waals surface area contributed by atoms with Gasteiger partial charge in [0.25, 0.3) is 0 Å². The molecular weight excluding hydrogens is 483 g/mol. The first-order chi connectivity index (χ1) is 17.1. The van der Waals surface area contributed by atoms with E-state index in [2.05, 4.69) is 30.7 Å². The Balaban J connectivity index is 1.72. The molecule has 1 fully saturated rings. The lowest BCUT2D eigenvalue weighted by molar-refractivity contribution is 0.102. The summed E-state index contributed by atoms with van der Waals surface area (Å²) in [7, 11) is 0. The lowest BCUT2D eigenvalue weighted by Crippen LogP contribution is -2.45. The molecule has 2 aromatic carbocycles. The number of likely N-dealkylation sites (tertiary alicyclic amines) is 1. The second kappa shape index (κ2) is 9.49. The zero-order chi connectivity index (χ0) is 25.6. The van der Waals surface area contributed by atoms with Crippen LogP contribution in [0.5, 0.6) is 0 Å². The Labute approximate surface area is 214 Å². The molecule has 5 rings (SSSR count). The SMILES string of the molecule is CC(C)(C)N1CCC(c2cc(-c3ccc(F)cc3Cl)c3ccnc(-c4c(F)cccc4F)c3n2)CC1. The third kappa shape index (κ3) is 4.60. The number of hydrogen-bond donors (Lipinski definition) is 0. The number of piperidine rings is 1. The first-order valence-electron chi connectivity index (χ1n) is 12.1. The second-order valence-corrected chi connectivity index (χ2v) is 10.7. The molecule has 0 amide bonds. The molecule has 2 aromatic heterocycles. The Bertz CT molecular complexity index is 1420. The van der Waals surface area contributed by atoms with Gasteiger partial charge < -0.3 is 0 Å². The van der Waals surface area contributed by atoms with E-state index in [0.29, 0.717) is 16.5 Å². The maximum Gasteiger partial charge on any atom is 0.135 e. The van der Waals surface area contributed by atoms with E-state index in [1.54, 1.807) is 12.1 Å². The van der Waals surface area contributed by atoms with Crippen LogP contribution in [0.2, 0.25) is 5.02 Å². The van der Waals surface area contributed by atoms with Crippen molar-refractivity contribution < 1.29 is 13.2 Å². The average molecular weight is 510 g/mol. The summed E-state index contributed by atoms with van der Waals surface area (Å²) < 4.78 is 43.5. The van der Waals surface area contributed by atoms with Crippen LogP contribution in [0.3, 0.4) is 0 Å². The summed E-state index contributed by atoms with van der Waals surface area (Å²) in [5.41, 5.74) is 2.57. The smallest absolute Gasteiger partial charge is 0.135 e. The summed E-state index contributed by atoms with van der Waals surface area (Å²) in [6, 6.07) is 11.7. The molecule has 0 radical (unpaired) electrons. The molecule has 1 aliphatic rings. The van der Waals surface area contributed by atoms with Gasteiger partial charge in [0.1, 0.15) is 23.1 Å². The van der Waals surface area contributed by atoms with E-state index in [-0.39, 0.29) is 27.7 Å². The molecule has 3 heterocycles. The van der Waals surface area contributed by atoms with Crippen LogP contribution in [0, 0.1) is 17.5 Å². The number of hydrogen-bond acceptors (Lipinski definition) is 3. The molecule has 3 nitrogen and oxygen atoms in total. The van der Waals surface area contributed by atoms with Gasteiger partial charge in [-0.15, -0.1) is 0 Å². The molecule has 1 saturated heterocycles. The molecule has 0 N–H and O–H groups in total. The van der Waals surface area contributed by atoms with Crippen LogP contribution in [-0.4, -0.2) is 33.5 Å². The van der Waals surface area contributed by atoms with E-state index >= 15 is 0 Å². The topological polar surface area (TPSA) is 29.0 Å². The van der Waals surface area contributed by atoms with Crippen LogP contribution in [0.4, 0.5) is 13.2 Å². The van der Waals surface area contributed by atoms with E-state index in [1.165, 1.54) is 36.5 Å². The van der Waals surface area contributed by atoms with Gasteiger partial charge in [-0.1, -0.05) is 17.7 Å². The largest absolute Gasteiger partial charge is 0.298 e. The molecule has 186 valence electrons. The Hall–Kier alpha value is -2.96. The first kappa shape index (κ1) is 24.7. The van der Waals surface area contributed by atoms with Gasteiger partial charge in [-0.25, -0.2) is 13.2 Å². The van der Waals surface area contributed by atoms with Gasteiger partial charge in [-0.2, -0.15) is 0 Å². The van der Waals surface area contributed by atoms with Crippen LogP contribution in [-0.2, 0) is 0 Å². The lowest BCUT2D eigenvalue weighted by atomic mass is 9.88. The molecule has 0 aliphatic carbocycles. The summed E-state index contributed by atoms with van der Waals surface area (Å²) in [5, 5.41) is 0.901. The van der Waals surface area contributed by atoms with E-state index < -0.39 is 17.5 Å². The highest BCUT2D eigenvalue weighted by Gasteiger charge is 2.29.